The first kappa shape index (κ1) is 15.6. The van der Waals surface area contributed by atoms with Gasteiger partial charge in [0, 0.05) is 24.3 Å². The van der Waals surface area contributed by atoms with Gasteiger partial charge in [0.15, 0.2) is 0 Å². The lowest BCUT2D eigenvalue weighted by molar-refractivity contribution is 0.0750. The van der Waals surface area contributed by atoms with Crippen LogP contribution in [0.4, 0.5) is 4.39 Å². The van der Waals surface area contributed by atoms with Crippen LogP contribution in [0, 0.1) is 19.7 Å². The van der Waals surface area contributed by atoms with Crippen molar-refractivity contribution in [3.05, 3.63) is 82.4 Å². The van der Waals surface area contributed by atoms with E-state index in [-0.39, 0.29) is 11.7 Å². The van der Waals surface area contributed by atoms with Gasteiger partial charge in [0.25, 0.3) is 5.91 Å². The number of aryl methyl sites for hydroxylation is 2. The van der Waals surface area contributed by atoms with Crippen LogP contribution in [0.25, 0.3) is 5.69 Å². The lowest BCUT2D eigenvalue weighted by Crippen LogP contribution is -2.26. The molecule has 0 bridgehead atoms. The maximum atomic E-state index is 14.0. The van der Waals surface area contributed by atoms with Crippen LogP contribution in [0.1, 0.15) is 32.9 Å². The summed E-state index contributed by atoms with van der Waals surface area (Å²) in [5.74, 6) is -0.363. The van der Waals surface area contributed by atoms with Gasteiger partial charge in [0.2, 0.25) is 0 Å². The van der Waals surface area contributed by atoms with Gasteiger partial charge in [0.1, 0.15) is 5.82 Å². The zero-order chi connectivity index (χ0) is 17.6. The number of hydrogen-bond donors (Lipinski definition) is 0. The summed E-state index contributed by atoms with van der Waals surface area (Å²) in [5.41, 5.74) is 4.66. The Kier molecular flexibility index (Phi) is 3.64. The van der Waals surface area contributed by atoms with Crippen LogP contribution >= 0.6 is 0 Å². The molecule has 0 spiro atoms. The van der Waals surface area contributed by atoms with Crippen LogP contribution in [0.15, 0.2) is 48.5 Å². The molecule has 1 aromatic heterocycles. The number of hydrogen-bond acceptors (Lipinski definition) is 2. The van der Waals surface area contributed by atoms with Crippen molar-refractivity contribution < 1.29 is 9.18 Å². The summed E-state index contributed by atoms with van der Waals surface area (Å²) >= 11 is 0. The summed E-state index contributed by atoms with van der Waals surface area (Å²) in [7, 11) is 0. The van der Waals surface area contributed by atoms with E-state index in [1.165, 1.54) is 6.07 Å². The van der Waals surface area contributed by atoms with Crippen molar-refractivity contribution in [3.63, 3.8) is 0 Å². The quantitative estimate of drug-likeness (QED) is 0.715. The molecule has 0 atom stereocenters. The summed E-state index contributed by atoms with van der Waals surface area (Å²) in [4.78, 5) is 14.8. The Balaban J connectivity index is 1.71. The van der Waals surface area contributed by atoms with Crippen LogP contribution in [-0.2, 0) is 13.1 Å². The van der Waals surface area contributed by atoms with Crippen LogP contribution in [-0.4, -0.2) is 20.6 Å². The van der Waals surface area contributed by atoms with Crippen molar-refractivity contribution in [2.45, 2.75) is 26.9 Å². The van der Waals surface area contributed by atoms with Crippen molar-refractivity contribution in [3.8, 4) is 5.69 Å². The molecule has 0 aliphatic carbocycles. The van der Waals surface area contributed by atoms with E-state index in [9.17, 15) is 9.18 Å². The lowest BCUT2D eigenvalue weighted by atomic mass is 10.1. The number of aromatic nitrogens is 2. The van der Waals surface area contributed by atoms with Crippen molar-refractivity contribution in [1.82, 2.24) is 14.7 Å². The monoisotopic (exact) mass is 335 g/mol. The maximum Gasteiger partial charge on any atom is 0.256 e. The Bertz CT molecular complexity index is 977. The highest BCUT2D eigenvalue weighted by molar-refractivity contribution is 5.98. The minimum absolute atomic E-state index is 0.112. The van der Waals surface area contributed by atoms with Crippen LogP contribution in [0.5, 0.6) is 0 Å². The molecular weight excluding hydrogens is 317 g/mol. The Morgan fingerprint density at radius 3 is 2.60 bits per heavy atom. The predicted octanol–water partition coefficient (Wildman–Crippen LogP) is 3.78. The van der Waals surface area contributed by atoms with Crippen LogP contribution in [0.2, 0.25) is 0 Å². The van der Waals surface area contributed by atoms with Gasteiger partial charge in [-0.15, -0.1) is 0 Å². The second-order valence-corrected chi connectivity index (χ2v) is 6.39. The third-order valence-corrected chi connectivity index (χ3v) is 4.59. The molecule has 126 valence electrons. The number of nitrogens with zero attached hydrogens (tertiary/aromatic N) is 3. The summed E-state index contributed by atoms with van der Waals surface area (Å²) in [6, 6.07) is 14.4. The summed E-state index contributed by atoms with van der Waals surface area (Å²) in [6.07, 6.45) is 0. The standard InChI is InChI=1S/C20H18FN3O/c1-13-10-14(2)24(22-13)19-9-4-3-7-16(19)20(25)23-11-15-6-5-8-18(21)17(15)12-23/h3-10H,11-12H2,1-2H3. The molecule has 1 aliphatic rings. The highest BCUT2D eigenvalue weighted by Gasteiger charge is 2.28. The first-order valence-electron chi connectivity index (χ1n) is 8.23. The largest absolute Gasteiger partial charge is 0.330 e. The van der Waals surface area contributed by atoms with E-state index in [2.05, 4.69) is 5.10 Å². The van der Waals surface area contributed by atoms with Gasteiger partial charge in [-0.1, -0.05) is 24.3 Å². The van der Waals surface area contributed by atoms with Gasteiger partial charge in [-0.2, -0.15) is 5.10 Å². The first-order valence-corrected chi connectivity index (χ1v) is 8.23. The Labute approximate surface area is 145 Å². The summed E-state index contributed by atoms with van der Waals surface area (Å²) in [6.45, 7) is 4.61. The number of amides is 1. The average molecular weight is 335 g/mol. The first-order chi connectivity index (χ1) is 12.0. The van der Waals surface area contributed by atoms with Crippen molar-refractivity contribution in [2.24, 2.45) is 0 Å². The van der Waals surface area contributed by atoms with E-state index < -0.39 is 0 Å². The van der Waals surface area contributed by atoms with Gasteiger partial charge >= 0.3 is 0 Å². The predicted molar refractivity (Wildman–Crippen MR) is 93.0 cm³/mol. The maximum absolute atomic E-state index is 14.0. The molecule has 2 heterocycles. The SMILES string of the molecule is Cc1cc(C)n(-c2ccccc2C(=O)N2Cc3cccc(F)c3C2)n1. The van der Waals surface area contributed by atoms with Gasteiger partial charge in [0.05, 0.1) is 16.9 Å². The fourth-order valence-corrected chi connectivity index (χ4v) is 3.41. The number of carbonyl (C=O) groups is 1. The molecule has 1 aliphatic heterocycles. The molecule has 3 aromatic rings. The number of carbonyl (C=O) groups excluding carboxylic acids is 1. The molecule has 0 saturated heterocycles. The Morgan fingerprint density at radius 1 is 1.08 bits per heavy atom. The van der Waals surface area contributed by atoms with E-state index in [0.29, 0.717) is 24.2 Å². The molecular formula is C20H18FN3O. The zero-order valence-corrected chi connectivity index (χ0v) is 14.2. The molecule has 5 heteroatoms. The smallest absolute Gasteiger partial charge is 0.256 e. The van der Waals surface area contributed by atoms with Gasteiger partial charge in [-0.05, 0) is 43.7 Å². The normalized spacial score (nSPS) is 13.2. The van der Waals surface area contributed by atoms with Crippen LogP contribution in [0.3, 0.4) is 0 Å². The minimum atomic E-state index is -0.250. The van der Waals surface area contributed by atoms with Crippen molar-refractivity contribution in [1.29, 1.82) is 0 Å². The van der Waals surface area contributed by atoms with Crippen molar-refractivity contribution >= 4 is 5.91 Å². The second-order valence-electron chi connectivity index (χ2n) is 6.39. The van der Waals surface area contributed by atoms with Crippen LogP contribution < -0.4 is 0 Å². The van der Waals surface area contributed by atoms with E-state index >= 15 is 0 Å². The number of rotatable bonds is 2. The number of fused-ring (bicyclic) bond motifs is 1. The number of benzene rings is 2. The minimum Gasteiger partial charge on any atom is -0.330 e. The topological polar surface area (TPSA) is 38.1 Å². The highest BCUT2D eigenvalue weighted by atomic mass is 19.1. The molecule has 25 heavy (non-hydrogen) atoms. The third kappa shape index (κ3) is 2.61. The Morgan fingerprint density at radius 2 is 1.88 bits per heavy atom. The van der Waals surface area contributed by atoms with Gasteiger partial charge < -0.3 is 4.90 Å². The molecule has 4 nitrogen and oxygen atoms in total. The molecule has 0 unspecified atom stereocenters. The lowest BCUT2D eigenvalue weighted by Gasteiger charge is -2.18. The number of para-hydroxylation sites is 1. The third-order valence-electron chi connectivity index (χ3n) is 4.59. The van der Waals surface area contributed by atoms with Crippen molar-refractivity contribution in [2.75, 3.05) is 0 Å². The molecule has 0 fully saturated rings. The zero-order valence-electron chi connectivity index (χ0n) is 14.2. The van der Waals surface area contributed by atoms with E-state index in [1.807, 2.05) is 44.2 Å². The second kappa shape index (κ2) is 5.84. The van der Waals surface area contributed by atoms with Gasteiger partial charge in [-0.3, -0.25) is 4.79 Å². The van der Waals surface area contributed by atoms with E-state index in [0.717, 1.165) is 22.6 Å². The summed E-state index contributed by atoms with van der Waals surface area (Å²) < 4.78 is 15.8. The van der Waals surface area contributed by atoms with Gasteiger partial charge in [-0.25, -0.2) is 9.07 Å². The molecule has 1 amide bonds. The molecule has 4 rings (SSSR count). The highest BCUT2D eigenvalue weighted by Crippen LogP contribution is 2.28. The average Bonchev–Trinajstić information content (AvgIpc) is 3.18. The van der Waals surface area contributed by atoms with E-state index in [4.69, 9.17) is 0 Å². The fourth-order valence-electron chi connectivity index (χ4n) is 3.41. The molecule has 0 saturated carbocycles. The molecule has 0 N–H and O–H groups in total. The van der Waals surface area contributed by atoms with E-state index in [1.54, 1.807) is 21.7 Å². The summed E-state index contributed by atoms with van der Waals surface area (Å²) in [5, 5.41) is 4.49. The molecule has 0 radical (unpaired) electrons. The Hall–Kier alpha value is -2.95. The number of halogens is 1. The fraction of sp³-hybridized carbons (Fsp3) is 0.200. The molecule has 2 aromatic carbocycles.